The number of benzene rings is 1. The molecule has 7 nitrogen and oxygen atoms in total. The van der Waals surface area contributed by atoms with E-state index in [4.69, 9.17) is 5.11 Å². The maximum atomic E-state index is 11.0. The largest absolute Gasteiger partial charge is 0.478 e. The van der Waals surface area contributed by atoms with Gasteiger partial charge in [-0.05, 0) is 32.0 Å². The molecule has 21 heavy (non-hydrogen) atoms. The van der Waals surface area contributed by atoms with Crippen molar-refractivity contribution in [2.75, 3.05) is 0 Å². The van der Waals surface area contributed by atoms with E-state index in [9.17, 15) is 4.79 Å². The molecule has 0 atom stereocenters. The second-order valence-electron chi connectivity index (χ2n) is 5.03. The van der Waals surface area contributed by atoms with Gasteiger partial charge in [0.2, 0.25) is 0 Å². The Bertz CT molecular complexity index is 847. The van der Waals surface area contributed by atoms with Crippen molar-refractivity contribution in [3.8, 4) is 0 Å². The predicted octanol–water partition coefficient (Wildman–Crippen LogP) is 1.53. The van der Waals surface area contributed by atoms with Crippen molar-refractivity contribution in [2.45, 2.75) is 20.4 Å². The van der Waals surface area contributed by atoms with Gasteiger partial charge in [-0.2, -0.15) is 5.10 Å². The van der Waals surface area contributed by atoms with Crippen LogP contribution in [0.4, 0.5) is 0 Å². The highest BCUT2D eigenvalue weighted by Gasteiger charge is 2.13. The second kappa shape index (κ2) is 4.69. The van der Waals surface area contributed by atoms with Crippen LogP contribution in [0.2, 0.25) is 0 Å². The minimum Gasteiger partial charge on any atom is -0.478 e. The number of aryl methyl sites for hydroxylation is 2. The van der Waals surface area contributed by atoms with E-state index in [1.165, 1.54) is 6.07 Å². The first-order valence-corrected chi connectivity index (χ1v) is 6.53. The third-order valence-electron chi connectivity index (χ3n) is 3.73. The van der Waals surface area contributed by atoms with Crippen molar-refractivity contribution in [1.82, 2.24) is 24.8 Å². The molecular weight excluding hydrogens is 270 g/mol. The second-order valence-corrected chi connectivity index (χ2v) is 5.03. The smallest absolute Gasteiger partial charge is 0.335 e. The van der Waals surface area contributed by atoms with Gasteiger partial charge in [0.1, 0.15) is 5.52 Å². The van der Waals surface area contributed by atoms with Gasteiger partial charge in [0, 0.05) is 18.3 Å². The molecule has 0 spiro atoms. The molecule has 7 heteroatoms. The Labute approximate surface area is 120 Å². The SMILES string of the molecule is Cc1nn(C)c(C)c1Cn1nnc2cc(C(=O)O)ccc21. The molecule has 3 aromatic rings. The minimum atomic E-state index is -0.967. The average molecular weight is 285 g/mol. The van der Waals surface area contributed by atoms with Crippen LogP contribution in [0.1, 0.15) is 27.3 Å². The number of carboxylic acids is 1. The third-order valence-corrected chi connectivity index (χ3v) is 3.73. The van der Waals surface area contributed by atoms with E-state index in [-0.39, 0.29) is 5.56 Å². The lowest BCUT2D eigenvalue weighted by molar-refractivity contribution is 0.0697. The number of rotatable bonds is 3. The number of aromatic carboxylic acids is 1. The van der Waals surface area contributed by atoms with Gasteiger partial charge in [-0.15, -0.1) is 5.10 Å². The summed E-state index contributed by atoms with van der Waals surface area (Å²) < 4.78 is 3.60. The molecule has 0 saturated carbocycles. The highest BCUT2D eigenvalue weighted by Crippen LogP contribution is 2.18. The molecule has 2 heterocycles. The first-order chi connectivity index (χ1) is 9.97. The molecule has 0 unspecified atom stereocenters. The number of hydrogen-bond donors (Lipinski definition) is 1. The van der Waals surface area contributed by atoms with Crippen LogP contribution < -0.4 is 0 Å². The van der Waals surface area contributed by atoms with Crippen LogP contribution in [0, 0.1) is 13.8 Å². The Hall–Kier alpha value is -2.70. The van der Waals surface area contributed by atoms with Crippen molar-refractivity contribution in [3.05, 3.63) is 40.7 Å². The summed E-state index contributed by atoms with van der Waals surface area (Å²) in [5.74, 6) is -0.967. The summed E-state index contributed by atoms with van der Waals surface area (Å²) in [5.41, 5.74) is 4.74. The van der Waals surface area contributed by atoms with E-state index in [1.807, 2.05) is 25.6 Å². The number of fused-ring (bicyclic) bond motifs is 1. The Morgan fingerprint density at radius 2 is 2.10 bits per heavy atom. The summed E-state index contributed by atoms with van der Waals surface area (Å²) >= 11 is 0. The van der Waals surface area contributed by atoms with Crippen LogP contribution in [0.25, 0.3) is 11.0 Å². The molecule has 0 fully saturated rings. The molecule has 0 radical (unpaired) electrons. The molecule has 0 aliphatic heterocycles. The minimum absolute atomic E-state index is 0.211. The summed E-state index contributed by atoms with van der Waals surface area (Å²) in [6.45, 7) is 4.54. The molecule has 2 aromatic heterocycles. The molecule has 1 N–H and O–H groups in total. The number of carbonyl (C=O) groups is 1. The van der Waals surface area contributed by atoms with Gasteiger partial charge in [0.25, 0.3) is 0 Å². The van der Waals surface area contributed by atoms with Gasteiger partial charge in [-0.25, -0.2) is 9.48 Å². The predicted molar refractivity (Wildman–Crippen MR) is 76.3 cm³/mol. The quantitative estimate of drug-likeness (QED) is 0.788. The van der Waals surface area contributed by atoms with Crippen LogP contribution in [0.3, 0.4) is 0 Å². The molecule has 0 aliphatic rings. The van der Waals surface area contributed by atoms with E-state index in [0.29, 0.717) is 12.1 Å². The van der Waals surface area contributed by atoms with Crippen LogP contribution in [0.15, 0.2) is 18.2 Å². The van der Waals surface area contributed by atoms with E-state index < -0.39 is 5.97 Å². The molecule has 0 saturated heterocycles. The first kappa shape index (κ1) is 13.3. The van der Waals surface area contributed by atoms with Gasteiger partial charge in [-0.3, -0.25) is 4.68 Å². The molecule has 0 bridgehead atoms. The van der Waals surface area contributed by atoms with Crippen LogP contribution in [0.5, 0.6) is 0 Å². The maximum Gasteiger partial charge on any atom is 0.335 e. The molecular formula is C14H15N5O2. The standard InChI is InChI=1S/C14H15N5O2/c1-8-11(9(2)18(3)16-8)7-19-13-5-4-10(14(20)21)6-12(13)15-17-19/h4-6H,7H2,1-3H3,(H,20,21). The molecule has 3 rings (SSSR count). The fourth-order valence-corrected chi connectivity index (χ4v) is 2.42. The Morgan fingerprint density at radius 1 is 1.33 bits per heavy atom. The maximum absolute atomic E-state index is 11.0. The summed E-state index contributed by atoms with van der Waals surface area (Å²) in [4.78, 5) is 11.0. The summed E-state index contributed by atoms with van der Waals surface area (Å²) in [6, 6.07) is 4.83. The molecule has 108 valence electrons. The summed E-state index contributed by atoms with van der Waals surface area (Å²) in [7, 11) is 1.91. The van der Waals surface area contributed by atoms with E-state index in [1.54, 1.807) is 16.8 Å². The monoisotopic (exact) mass is 285 g/mol. The Kier molecular flexibility index (Phi) is 2.97. The van der Waals surface area contributed by atoms with Gasteiger partial charge >= 0.3 is 5.97 Å². The van der Waals surface area contributed by atoms with Crippen LogP contribution in [-0.4, -0.2) is 35.9 Å². The summed E-state index contributed by atoms with van der Waals surface area (Å²) in [6.07, 6.45) is 0. The fraction of sp³-hybridized carbons (Fsp3) is 0.286. The molecule has 0 aliphatic carbocycles. The van der Waals surface area contributed by atoms with E-state index >= 15 is 0 Å². The topological polar surface area (TPSA) is 85.8 Å². The lowest BCUT2D eigenvalue weighted by atomic mass is 10.2. The van der Waals surface area contributed by atoms with E-state index in [0.717, 1.165) is 22.5 Å². The zero-order valence-electron chi connectivity index (χ0n) is 12.0. The van der Waals surface area contributed by atoms with Crippen molar-refractivity contribution in [2.24, 2.45) is 7.05 Å². The van der Waals surface area contributed by atoms with E-state index in [2.05, 4.69) is 15.4 Å². The van der Waals surface area contributed by atoms with Crippen molar-refractivity contribution >= 4 is 17.0 Å². The van der Waals surface area contributed by atoms with Crippen LogP contribution in [-0.2, 0) is 13.6 Å². The zero-order chi connectivity index (χ0) is 15.1. The van der Waals surface area contributed by atoms with Crippen molar-refractivity contribution in [1.29, 1.82) is 0 Å². The van der Waals surface area contributed by atoms with Crippen molar-refractivity contribution in [3.63, 3.8) is 0 Å². The average Bonchev–Trinajstić information content (AvgIpc) is 2.95. The lowest BCUT2D eigenvalue weighted by Crippen LogP contribution is -2.04. The highest BCUT2D eigenvalue weighted by molar-refractivity contribution is 5.92. The van der Waals surface area contributed by atoms with Crippen molar-refractivity contribution < 1.29 is 9.90 Å². The summed E-state index contributed by atoms with van der Waals surface area (Å²) in [5, 5.41) is 21.5. The normalized spacial score (nSPS) is 11.2. The van der Waals surface area contributed by atoms with Crippen LogP contribution >= 0.6 is 0 Å². The number of aromatic nitrogens is 5. The molecule has 1 aromatic carbocycles. The number of carboxylic acid groups (broad SMARTS) is 1. The zero-order valence-corrected chi connectivity index (χ0v) is 12.0. The number of hydrogen-bond acceptors (Lipinski definition) is 4. The fourth-order valence-electron chi connectivity index (χ4n) is 2.42. The highest BCUT2D eigenvalue weighted by atomic mass is 16.4. The van der Waals surface area contributed by atoms with Gasteiger partial charge in [-0.1, -0.05) is 5.21 Å². The molecule has 0 amide bonds. The third kappa shape index (κ3) is 2.16. The lowest BCUT2D eigenvalue weighted by Gasteiger charge is -2.03. The Balaban J connectivity index is 2.03. The Morgan fingerprint density at radius 3 is 2.71 bits per heavy atom. The number of nitrogens with zero attached hydrogens (tertiary/aromatic N) is 5. The first-order valence-electron chi connectivity index (χ1n) is 6.53. The van der Waals surface area contributed by atoms with Gasteiger partial charge in [0.15, 0.2) is 0 Å². The van der Waals surface area contributed by atoms with Gasteiger partial charge in [0.05, 0.1) is 23.3 Å². The van der Waals surface area contributed by atoms with Gasteiger partial charge < -0.3 is 5.11 Å².